The lowest BCUT2D eigenvalue weighted by molar-refractivity contribution is 0.444. The summed E-state index contributed by atoms with van der Waals surface area (Å²) in [5, 5.41) is 0.651. The van der Waals surface area contributed by atoms with Crippen molar-refractivity contribution in [3.63, 3.8) is 0 Å². The smallest absolute Gasteiger partial charge is 0.258 e. The molecule has 3 rings (SSSR count). The highest BCUT2D eigenvalue weighted by molar-refractivity contribution is 5.88. The summed E-state index contributed by atoms with van der Waals surface area (Å²) in [4.78, 5) is 24.4. The van der Waals surface area contributed by atoms with Crippen molar-refractivity contribution < 1.29 is 0 Å². The van der Waals surface area contributed by atoms with Crippen molar-refractivity contribution in [3.8, 4) is 0 Å². The Morgan fingerprint density at radius 2 is 2.13 bits per heavy atom. The molecule has 4 nitrogen and oxygen atoms in total. The molecule has 2 aromatic rings. The zero-order valence-corrected chi connectivity index (χ0v) is 13.8. The molecule has 0 aliphatic heterocycles. The van der Waals surface area contributed by atoms with Gasteiger partial charge in [0.25, 0.3) is 5.56 Å². The van der Waals surface area contributed by atoms with Crippen molar-refractivity contribution in [2.24, 2.45) is 4.99 Å². The van der Waals surface area contributed by atoms with Gasteiger partial charge in [0, 0.05) is 18.7 Å². The van der Waals surface area contributed by atoms with E-state index >= 15 is 0 Å². The lowest BCUT2D eigenvalue weighted by atomic mass is 9.96. The lowest BCUT2D eigenvalue weighted by Crippen LogP contribution is -2.12. The zero-order chi connectivity index (χ0) is 16.1. The summed E-state index contributed by atoms with van der Waals surface area (Å²) in [6.07, 6.45) is 11.2. The quantitative estimate of drug-likeness (QED) is 0.848. The minimum Gasteiger partial charge on any atom is -0.310 e. The number of H-pyrrole nitrogens is 1. The molecule has 0 spiro atoms. The topological polar surface area (TPSA) is 58.1 Å². The molecule has 1 aliphatic carbocycles. The van der Waals surface area contributed by atoms with Gasteiger partial charge >= 0.3 is 0 Å². The SMILES string of the molecule is CCCCc1nc2ccc(C=NC3CCCCC3)cc2c(=O)[nH]1. The predicted molar refractivity (Wildman–Crippen MR) is 95.4 cm³/mol. The highest BCUT2D eigenvalue weighted by atomic mass is 16.1. The van der Waals surface area contributed by atoms with E-state index in [0.717, 1.165) is 36.2 Å². The number of unbranched alkanes of at least 4 members (excludes halogenated alkanes) is 1. The van der Waals surface area contributed by atoms with Gasteiger partial charge in [0.2, 0.25) is 0 Å². The first-order valence-electron chi connectivity index (χ1n) is 8.82. The monoisotopic (exact) mass is 311 g/mol. The average Bonchev–Trinajstić information content (AvgIpc) is 2.59. The Kier molecular flexibility index (Phi) is 5.21. The number of aliphatic imine (C=N–C) groups is 1. The van der Waals surface area contributed by atoms with Crippen LogP contribution in [0.15, 0.2) is 28.0 Å². The maximum Gasteiger partial charge on any atom is 0.258 e. The summed E-state index contributed by atoms with van der Waals surface area (Å²) >= 11 is 0. The van der Waals surface area contributed by atoms with Crippen molar-refractivity contribution in [2.45, 2.75) is 64.3 Å². The molecule has 1 heterocycles. The number of fused-ring (bicyclic) bond motifs is 1. The fourth-order valence-corrected chi connectivity index (χ4v) is 3.17. The highest BCUT2D eigenvalue weighted by Crippen LogP contribution is 2.20. The molecule has 0 bridgehead atoms. The molecular formula is C19H25N3O. The van der Waals surface area contributed by atoms with Crippen molar-refractivity contribution in [1.82, 2.24) is 9.97 Å². The lowest BCUT2D eigenvalue weighted by Gasteiger charge is -2.17. The molecule has 23 heavy (non-hydrogen) atoms. The fourth-order valence-electron chi connectivity index (χ4n) is 3.17. The van der Waals surface area contributed by atoms with E-state index in [1.165, 1.54) is 32.1 Å². The highest BCUT2D eigenvalue weighted by Gasteiger charge is 2.11. The Morgan fingerprint density at radius 1 is 1.30 bits per heavy atom. The summed E-state index contributed by atoms with van der Waals surface area (Å²) in [6.45, 7) is 2.14. The molecule has 122 valence electrons. The van der Waals surface area contributed by atoms with Gasteiger partial charge in [0.15, 0.2) is 0 Å². The molecule has 1 saturated carbocycles. The van der Waals surface area contributed by atoms with E-state index in [9.17, 15) is 4.79 Å². The van der Waals surface area contributed by atoms with Crippen LogP contribution < -0.4 is 5.56 Å². The van der Waals surface area contributed by atoms with E-state index in [4.69, 9.17) is 4.99 Å². The van der Waals surface area contributed by atoms with E-state index in [0.29, 0.717) is 11.4 Å². The van der Waals surface area contributed by atoms with Crippen LogP contribution in [0.25, 0.3) is 10.9 Å². The van der Waals surface area contributed by atoms with Crippen molar-refractivity contribution in [3.05, 3.63) is 39.9 Å². The normalized spacial score (nSPS) is 16.4. The van der Waals surface area contributed by atoms with Gasteiger partial charge in [-0.1, -0.05) is 38.7 Å². The van der Waals surface area contributed by atoms with Crippen LogP contribution in [-0.4, -0.2) is 22.2 Å². The van der Waals surface area contributed by atoms with E-state index < -0.39 is 0 Å². The number of aryl methyl sites for hydroxylation is 1. The Bertz CT molecular complexity index is 742. The molecule has 0 radical (unpaired) electrons. The van der Waals surface area contributed by atoms with E-state index in [1.54, 1.807) is 0 Å². The van der Waals surface area contributed by atoms with Gasteiger partial charge in [-0.15, -0.1) is 0 Å². The van der Waals surface area contributed by atoms with Crippen LogP contribution in [-0.2, 0) is 6.42 Å². The van der Waals surface area contributed by atoms with Crippen LogP contribution >= 0.6 is 0 Å². The molecule has 1 aromatic heterocycles. The van der Waals surface area contributed by atoms with Crippen molar-refractivity contribution in [1.29, 1.82) is 0 Å². The number of aromatic nitrogens is 2. The number of hydrogen-bond donors (Lipinski definition) is 1. The number of nitrogens with zero attached hydrogens (tertiary/aromatic N) is 2. The van der Waals surface area contributed by atoms with Gasteiger partial charge in [-0.05, 0) is 37.0 Å². The third kappa shape index (κ3) is 4.06. The molecular weight excluding hydrogens is 286 g/mol. The van der Waals surface area contributed by atoms with E-state index in [2.05, 4.69) is 16.9 Å². The Balaban J connectivity index is 1.82. The van der Waals surface area contributed by atoms with Gasteiger partial charge in [-0.3, -0.25) is 9.79 Å². The van der Waals surface area contributed by atoms with Crippen LogP contribution in [0.1, 0.15) is 63.3 Å². The van der Waals surface area contributed by atoms with Crippen LogP contribution in [0.5, 0.6) is 0 Å². The average molecular weight is 311 g/mol. The molecule has 0 amide bonds. The Labute approximate surface area is 137 Å². The third-order valence-electron chi connectivity index (χ3n) is 4.55. The minimum atomic E-state index is -0.0472. The first-order valence-corrected chi connectivity index (χ1v) is 8.82. The molecule has 1 aromatic carbocycles. The van der Waals surface area contributed by atoms with Gasteiger partial charge in [-0.25, -0.2) is 4.98 Å². The Hall–Kier alpha value is -1.97. The number of aromatic amines is 1. The number of rotatable bonds is 5. The largest absolute Gasteiger partial charge is 0.310 e. The van der Waals surface area contributed by atoms with Crippen LogP contribution in [0.4, 0.5) is 0 Å². The second kappa shape index (κ2) is 7.53. The standard InChI is InChI=1S/C19H25N3O/c1-2-3-9-18-21-17-11-10-14(12-16(17)19(23)22-18)13-20-15-7-5-4-6-8-15/h10-13,15H,2-9H2,1H3,(H,21,22,23). The third-order valence-corrected chi connectivity index (χ3v) is 4.55. The molecule has 0 atom stereocenters. The van der Waals surface area contributed by atoms with Crippen LogP contribution in [0, 0.1) is 0 Å². The molecule has 1 N–H and O–H groups in total. The summed E-state index contributed by atoms with van der Waals surface area (Å²) in [5.41, 5.74) is 1.71. The van der Waals surface area contributed by atoms with Crippen molar-refractivity contribution >= 4 is 17.1 Å². The van der Waals surface area contributed by atoms with Gasteiger partial charge in [0.1, 0.15) is 5.82 Å². The van der Waals surface area contributed by atoms with E-state index in [1.807, 2.05) is 24.4 Å². The zero-order valence-electron chi connectivity index (χ0n) is 13.8. The van der Waals surface area contributed by atoms with Crippen molar-refractivity contribution in [2.75, 3.05) is 0 Å². The molecule has 0 unspecified atom stereocenters. The number of nitrogens with one attached hydrogen (secondary N) is 1. The fraction of sp³-hybridized carbons (Fsp3) is 0.526. The maximum absolute atomic E-state index is 12.3. The summed E-state index contributed by atoms with van der Waals surface area (Å²) in [7, 11) is 0. The summed E-state index contributed by atoms with van der Waals surface area (Å²) in [5.74, 6) is 0.785. The second-order valence-electron chi connectivity index (χ2n) is 6.46. The van der Waals surface area contributed by atoms with Crippen LogP contribution in [0.2, 0.25) is 0 Å². The van der Waals surface area contributed by atoms with Gasteiger partial charge in [0.05, 0.1) is 10.9 Å². The number of hydrogen-bond acceptors (Lipinski definition) is 3. The van der Waals surface area contributed by atoms with Gasteiger partial charge < -0.3 is 4.98 Å². The van der Waals surface area contributed by atoms with E-state index in [-0.39, 0.29) is 5.56 Å². The molecule has 0 saturated heterocycles. The first kappa shape index (κ1) is 15.9. The first-order chi connectivity index (χ1) is 11.3. The maximum atomic E-state index is 12.3. The number of benzene rings is 1. The Morgan fingerprint density at radius 3 is 2.91 bits per heavy atom. The summed E-state index contributed by atoms with van der Waals surface area (Å²) < 4.78 is 0. The molecule has 1 aliphatic rings. The second-order valence-corrected chi connectivity index (χ2v) is 6.46. The van der Waals surface area contributed by atoms with Crippen LogP contribution in [0.3, 0.4) is 0 Å². The predicted octanol–water partition coefficient (Wildman–Crippen LogP) is 4.02. The van der Waals surface area contributed by atoms with Gasteiger partial charge in [-0.2, -0.15) is 0 Å². The summed E-state index contributed by atoms with van der Waals surface area (Å²) in [6, 6.07) is 6.29. The minimum absolute atomic E-state index is 0.0472. The molecule has 4 heteroatoms. The molecule has 1 fully saturated rings.